The highest BCUT2D eigenvalue weighted by Crippen LogP contribution is 2.38. The van der Waals surface area contributed by atoms with Gasteiger partial charge in [0.2, 0.25) is 15.9 Å². The zero-order chi connectivity index (χ0) is 21.0. The molecule has 6 unspecified atom stereocenters. The Morgan fingerprint density at radius 3 is 2.62 bits per heavy atom. The van der Waals surface area contributed by atoms with Gasteiger partial charge in [0, 0.05) is 19.3 Å². The van der Waals surface area contributed by atoms with E-state index in [1.807, 2.05) is 0 Å². The summed E-state index contributed by atoms with van der Waals surface area (Å²) in [5.74, 6) is -0.999. The van der Waals surface area contributed by atoms with E-state index in [9.17, 15) is 17.6 Å². The summed E-state index contributed by atoms with van der Waals surface area (Å²) in [6, 6.07) is 0.216. The molecule has 2 saturated heterocycles. The van der Waals surface area contributed by atoms with Gasteiger partial charge in [-0.25, -0.2) is 12.8 Å². The molecule has 1 amide bonds. The van der Waals surface area contributed by atoms with Gasteiger partial charge in [-0.15, -0.1) is 16.4 Å². The molecule has 0 aromatic rings. The number of carbonyl (C=O) groups is 1. The summed E-state index contributed by atoms with van der Waals surface area (Å²) >= 11 is 6.24. The van der Waals surface area contributed by atoms with E-state index in [4.69, 9.17) is 16.3 Å². The third-order valence-electron chi connectivity index (χ3n) is 6.55. The first kappa shape index (κ1) is 23.2. The molecule has 3 aliphatic rings. The number of hydrogen-bond donors (Lipinski definition) is 3. The van der Waals surface area contributed by atoms with Gasteiger partial charge >= 0.3 is 0 Å². The lowest BCUT2D eigenvalue weighted by molar-refractivity contribution is -0.129. The third kappa shape index (κ3) is 6.50. The largest absolute Gasteiger partial charge is 0.381 e. The molecule has 0 spiro atoms. The van der Waals surface area contributed by atoms with Crippen molar-refractivity contribution in [2.24, 2.45) is 23.7 Å². The summed E-state index contributed by atoms with van der Waals surface area (Å²) in [5.41, 5.74) is 2.24. The monoisotopic (exact) mass is 453 g/mol. The highest BCUT2D eigenvalue weighted by atomic mass is 35.5. The molecule has 0 radical (unpaired) electrons. The topological polar surface area (TPSA) is 96.5 Å². The number of amides is 1. The Morgan fingerprint density at radius 2 is 1.93 bits per heavy atom. The van der Waals surface area contributed by atoms with Gasteiger partial charge in [-0.3, -0.25) is 10.2 Å². The van der Waals surface area contributed by atoms with Gasteiger partial charge in [-0.2, -0.15) is 0 Å². The van der Waals surface area contributed by atoms with Crippen LogP contribution >= 0.6 is 11.6 Å². The summed E-state index contributed by atoms with van der Waals surface area (Å²) in [6.07, 6.45) is 2.83. The molecule has 3 fully saturated rings. The molecule has 3 N–H and O–H groups in total. The van der Waals surface area contributed by atoms with Crippen molar-refractivity contribution in [3.63, 3.8) is 0 Å². The van der Waals surface area contributed by atoms with E-state index in [0.29, 0.717) is 44.8 Å². The van der Waals surface area contributed by atoms with Crippen LogP contribution in [-0.4, -0.2) is 57.4 Å². The van der Waals surface area contributed by atoms with Crippen LogP contribution < -0.4 is 15.6 Å². The van der Waals surface area contributed by atoms with Crippen LogP contribution in [0.4, 0.5) is 4.39 Å². The van der Waals surface area contributed by atoms with E-state index < -0.39 is 33.4 Å². The summed E-state index contributed by atoms with van der Waals surface area (Å²) in [6.45, 7) is 4.20. The van der Waals surface area contributed by atoms with Crippen LogP contribution in [0.5, 0.6) is 0 Å². The van der Waals surface area contributed by atoms with Crippen LogP contribution in [0.2, 0.25) is 0 Å². The molecule has 168 valence electrons. The number of hydrazine groups is 1. The minimum Gasteiger partial charge on any atom is -0.381 e. The maximum atomic E-state index is 14.7. The molecule has 29 heavy (non-hydrogen) atoms. The van der Waals surface area contributed by atoms with Crippen LogP contribution in [0.3, 0.4) is 0 Å². The van der Waals surface area contributed by atoms with Gasteiger partial charge in [0.05, 0.1) is 17.0 Å². The smallest absolute Gasteiger partial charge is 0.241 e. The zero-order valence-electron chi connectivity index (χ0n) is 16.9. The number of halogens is 2. The Kier molecular flexibility index (Phi) is 8.17. The Balaban J connectivity index is 1.55. The van der Waals surface area contributed by atoms with E-state index in [1.54, 1.807) is 0 Å². The first-order chi connectivity index (χ1) is 13.7. The molecular formula is C19H33ClFN3O4S. The van der Waals surface area contributed by atoms with E-state index in [2.05, 4.69) is 22.5 Å². The molecule has 0 aromatic carbocycles. The van der Waals surface area contributed by atoms with Crippen LogP contribution in [0.1, 0.15) is 45.4 Å². The molecule has 0 bridgehead atoms. The second-order valence-corrected chi connectivity index (χ2v) is 11.2. The number of rotatable bonds is 6. The average molecular weight is 454 g/mol. The Hall–Kier alpha value is -0.480. The van der Waals surface area contributed by atoms with Gasteiger partial charge in [0.15, 0.2) is 0 Å². The van der Waals surface area contributed by atoms with Crippen molar-refractivity contribution in [2.75, 3.05) is 25.5 Å². The predicted molar refractivity (Wildman–Crippen MR) is 110 cm³/mol. The van der Waals surface area contributed by atoms with Gasteiger partial charge < -0.3 is 10.1 Å². The van der Waals surface area contributed by atoms with E-state index in [-0.39, 0.29) is 23.6 Å². The fraction of sp³-hybridized carbons (Fsp3) is 0.947. The molecule has 10 heteroatoms. The molecular weight excluding hydrogens is 421 g/mol. The number of alkyl halides is 2. The van der Waals surface area contributed by atoms with Gasteiger partial charge in [-0.05, 0) is 62.8 Å². The van der Waals surface area contributed by atoms with Crippen molar-refractivity contribution in [3.05, 3.63) is 0 Å². The average Bonchev–Trinajstić information content (AvgIpc) is 2.68. The minimum atomic E-state index is -3.69. The van der Waals surface area contributed by atoms with Gasteiger partial charge in [-0.1, -0.05) is 6.92 Å². The summed E-state index contributed by atoms with van der Waals surface area (Å²) in [4.78, 5) is 14.8. The van der Waals surface area contributed by atoms with Crippen molar-refractivity contribution in [3.8, 4) is 0 Å². The van der Waals surface area contributed by atoms with Crippen molar-refractivity contribution in [1.29, 1.82) is 0 Å². The molecule has 6 atom stereocenters. The van der Waals surface area contributed by atoms with Crippen LogP contribution in [0, 0.1) is 23.7 Å². The van der Waals surface area contributed by atoms with Crippen molar-refractivity contribution < 1.29 is 22.3 Å². The highest BCUT2D eigenvalue weighted by molar-refractivity contribution is 7.89. The highest BCUT2D eigenvalue weighted by Gasteiger charge is 2.44. The molecule has 2 heterocycles. The van der Waals surface area contributed by atoms with Crippen molar-refractivity contribution in [1.82, 2.24) is 15.6 Å². The number of piperidine rings is 1. The van der Waals surface area contributed by atoms with Crippen LogP contribution in [0.15, 0.2) is 0 Å². The molecule has 1 saturated carbocycles. The molecule has 0 aromatic heterocycles. The third-order valence-corrected chi connectivity index (χ3v) is 8.29. The Labute approximate surface area is 177 Å². The fourth-order valence-electron chi connectivity index (χ4n) is 4.80. The Bertz CT molecular complexity index is 662. The normalized spacial score (nSPS) is 37.2. The van der Waals surface area contributed by atoms with E-state index in [0.717, 1.165) is 19.4 Å². The van der Waals surface area contributed by atoms with E-state index in [1.165, 1.54) is 0 Å². The van der Waals surface area contributed by atoms with Crippen LogP contribution in [0.25, 0.3) is 0 Å². The number of carbonyl (C=O) groups excluding carboxylic acids is 1. The lowest BCUT2D eigenvalue weighted by Crippen LogP contribution is -2.53. The van der Waals surface area contributed by atoms with Crippen molar-refractivity contribution >= 4 is 27.5 Å². The molecule has 1 aliphatic carbocycles. The summed E-state index contributed by atoms with van der Waals surface area (Å²) in [7, 11) is -3.69. The zero-order valence-corrected chi connectivity index (χ0v) is 18.5. The number of nitrogens with one attached hydrogen (secondary N) is 3. The quantitative estimate of drug-likeness (QED) is 0.420. The first-order valence-electron chi connectivity index (χ1n) is 10.6. The van der Waals surface area contributed by atoms with Crippen molar-refractivity contribution in [2.45, 2.75) is 63.0 Å². The number of sulfonamides is 1. The van der Waals surface area contributed by atoms with Gasteiger partial charge in [0.1, 0.15) is 6.17 Å². The Morgan fingerprint density at radius 1 is 1.21 bits per heavy atom. The van der Waals surface area contributed by atoms with E-state index >= 15 is 0 Å². The maximum Gasteiger partial charge on any atom is 0.241 e. The SMILES string of the molecule is CC1CCNC(C2CC(Cl)C(F)C(C(=O)NNS(=O)(=O)CC3CCOCC3)C2)C1. The fourth-order valence-corrected chi connectivity index (χ4v) is 6.50. The second kappa shape index (κ2) is 10.2. The van der Waals surface area contributed by atoms with Crippen LogP contribution in [-0.2, 0) is 19.6 Å². The lowest BCUT2D eigenvalue weighted by Gasteiger charge is -2.41. The summed E-state index contributed by atoms with van der Waals surface area (Å²) in [5, 5.41) is 2.73. The lowest BCUT2D eigenvalue weighted by atomic mass is 9.73. The molecule has 3 rings (SSSR count). The second-order valence-electron chi connectivity index (χ2n) is 8.92. The molecule has 7 nitrogen and oxygen atoms in total. The molecule has 2 aliphatic heterocycles. The number of ether oxygens (including phenoxy) is 1. The maximum absolute atomic E-state index is 14.7. The predicted octanol–water partition coefficient (Wildman–Crippen LogP) is 1.72. The summed E-state index contributed by atoms with van der Waals surface area (Å²) < 4.78 is 44.5. The minimum absolute atomic E-state index is 0.00211. The van der Waals surface area contributed by atoms with Gasteiger partial charge in [0.25, 0.3) is 0 Å². The standard InChI is InChI=1S/C19H33ClFN3O4S/c1-12-2-5-22-17(8-12)14-9-15(18(21)16(20)10-14)19(25)23-24-29(26,27)11-13-3-6-28-7-4-13/h12-18,22,24H,2-11H2,1H3,(H,23,25). The number of hydrogen-bond acceptors (Lipinski definition) is 5. The first-order valence-corrected chi connectivity index (χ1v) is 12.7.